The molecule has 0 spiro atoms. The van der Waals surface area contributed by atoms with Gasteiger partial charge < -0.3 is 9.88 Å². The molecule has 1 atom stereocenters. The highest BCUT2D eigenvalue weighted by atomic mass is 16.2. The van der Waals surface area contributed by atoms with Gasteiger partial charge in [-0.1, -0.05) is 24.3 Å². The zero-order chi connectivity index (χ0) is 20.8. The van der Waals surface area contributed by atoms with Gasteiger partial charge in [0.15, 0.2) is 0 Å². The van der Waals surface area contributed by atoms with E-state index in [1.807, 2.05) is 49.1 Å². The monoisotopic (exact) mass is 388 g/mol. The maximum atomic E-state index is 12.8. The van der Waals surface area contributed by atoms with E-state index in [0.29, 0.717) is 48.1 Å². The number of hydrogen-bond acceptors (Lipinski definition) is 4. The van der Waals surface area contributed by atoms with E-state index < -0.39 is 0 Å². The Kier molecular flexibility index (Phi) is 6.40. The van der Waals surface area contributed by atoms with E-state index in [-0.39, 0.29) is 17.5 Å². The van der Waals surface area contributed by atoms with Gasteiger partial charge in [-0.2, -0.15) is 5.26 Å². The Balaban J connectivity index is 1.62. The molecule has 3 rings (SSSR count). The molecular formula is C23H24N4O2. The predicted molar refractivity (Wildman–Crippen MR) is 112 cm³/mol. The van der Waals surface area contributed by atoms with E-state index in [1.165, 1.54) is 0 Å². The van der Waals surface area contributed by atoms with Gasteiger partial charge >= 0.3 is 0 Å². The molecule has 1 unspecified atom stereocenters. The minimum Gasteiger partial charge on any atom is -0.336 e. The summed E-state index contributed by atoms with van der Waals surface area (Å²) in [5.41, 5.74) is 2.12. The second-order valence-electron chi connectivity index (χ2n) is 6.97. The first-order chi connectivity index (χ1) is 14.0. The third kappa shape index (κ3) is 4.69. The fourth-order valence-corrected chi connectivity index (χ4v) is 3.49. The Bertz CT molecular complexity index is 1100. The average Bonchev–Trinajstić information content (AvgIpc) is 2.74. The van der Waals surface area contributed by atoms with Gasteiger partial charge in [-0.05, 0) is 50.1 Å². The summed E-state index contributed by atoms with van der Waals surface area (Å²) in [6.07, 6.45) is 1.52. The number of H-pyrrole nitrogens is 1. The van der Waals surface area contributed by atoms with Crippen LogP contribution in [0.4, 0.5) is 0 Å². The highest BCUT2D eigenvalue weighted by Gasteiger charge is 2.19. The van der Waals surface area contributed by atoms with Crippen LogP contribution in [0.1, 0.15) is 49.7 Å². The molecule has 1 aromatic heterocycles. The van der Waals surface area contributed by atoms with Crippen LogP contribution in [0.5, 0.6) is 0 Å². The fraction of sp³-hybridized carbons (Fsp3) is 0.304. The van der Waals surface area contributed by atoms with Crippen molar-refractivity contribution >= 4 is 16.8 Å². The van der Waals surface area contributed by atoms with E-state index in [1.54, 1.807) is 18.2 Å². The summed E-state index contributed by atoms with van der Waals surface area (Å²) in [5, 5.41) is 9.51. The highest BCUT2D eigenvalue weighted by molar-refractivity contribution is 5.77. The Labute approximate surface area is 169 Å². The molecule has 29 heavy (non-hydrogen) atoms. The van der Waals surface area contributed by atoms with E-state index in [9.17, 15) is 9.59 Å². The van der Waals surface area contributed by atoms with Crippen molar-refractivity contribution in [2.75, 3.05) is 6.54 Å². The number of nitrogens with one attached hydrogen (secondary N) is 1. The number of hydrogen-bond donors (Lipinski definition) is 1. The van der Waals surface area contributed by atoms with Crippen LogP contribution >= 0.6 is 0 Å². The van der Waals surface area contributed by atoms with Crippen molar-refractivity contribution in [2.24, 2.45) is 0 Å². The smallest absolute Gasteiger partial charge is 0.258 e. The van der Waals surface area contributed by atoms with Crippen molar-refractivity contribution < 1.29 is 4.79 Å². The van der Waals surface area contributed by atoms with Crippen molar-refractivity contribution in [3.63, 3.8) is 0 Å². The number of nitriles is 1. The predicted octanol–water partition coefficient (Wildman–Crippen LogP) is 3.73. The third-order valence-corrected chi connectivity index (χ3v) is 5.12. The summed E-state index contributed by atoms with van der Waals surface area (Å²) in [5.74, 6) is 0.664. The molecule has 3 aromatic rings. The SMILES string of the molecule is CCN(C(=O)CCCc1nc2ccccc2c(=O)[nH]1)C(C)c1ccc(C#N)cc1. The number of carbonyl (C=O) groups excluding carboxylic acids is 1. The summed E-state index contributed by atoms with van der Waals surface area (Å²) in [4.78, 5) is 34.0. The van der Waals surface area contributed by atoms with Gasteiger partial charge in [-0.3, -0.25) is 9.59 Å². The number of benzene rings is 2. The molecule has 1 N–H and O–H groups in total. The number of amides is 1. The normalized spacial score (nSPS) is 11.8. The first kappa shape index (κ1) is 20.3. The first-order valence-corrected chi connectivity index (χ1v) is 9.81. The van der Waals surface area contributed by atoms with Crippen LogP contribution in [0.15, 0.2) is 53.3 Å². The second-order valence-corrected chi connectivity index (χ2v) is 6.97. The van der Waals surface area contributed by atoms with Gasteiger partial charge in [-0.15, -0.1) is 0 Å². The van der Waals surface area contributed by atoms with Crippen molar-refractivity contribution in [1.29, 1.82) is 5.26 Å². The van der Waals surface area contributed by atoms with Gasteiger partial charge in [0.25, 0.3) is 5.56 Å². The molecule has 0 radical (unpaired) electrons. The number of aromatic amines is 1. The number of aromatic nitrogens is 2. The number of aryl methyl sites for hydroxylation is 1. The summed E-state index contributed by atoms with van der Waals surface area (Å²) < 4.78 is 0. The third-order valence-electron chi connectivity index (χ3n) is 5.12. The molecule has 0 aliphatic carbocycles. The van der Waals surface area contributed by atoms with E-state index >= 15 is 0 Å². The summed E-state index contributed by atoms with van der Waals surface area (Å²) in [7, 11) is 0. The van der Waals surface area contributed by atoms with Gasteiger partial charge in [0.1, 0.15) is 5.82 Å². The summed E-state index contributed by atoms with van der Waals surface area (Å²) in [6.45, 7) is 4.55. The van der Waals surface area contributed by atoms with Crippen LogP contribution in [0.2, 0.25) is 0 Å². The fourth-order valence-electron chi connectivity index (χ4n) is 3.49. The Hall–Kier alpha value is -3.46. The molecule has 2 aromatic carbocycles. The maximum Gasteiger partial charge on any atom is 0.258 e. The second kappa shape index (κ2) is 9.16. The summed E-state index contributed by atoms with van der Waals surface area (Å²) >= 11 is 0. The Morgan fingerprint density at radius 2 is 1.93 bits per heavy atom. The van der Waals surface area contributed by atoms with Gasteiger partial charge in [0.2, 0.25) is 5.91 Å². The number of nitrogens with zero attached hydrogens (tertiary/aromatic N) is 3. The molecule has 0 saturated heterocycles. The van der Waals surface area contributed by atoms with E-state index in [2.05, 4.69) is 16.0 Å². The quantitative estimate of drug-likeness (QED) is 0.668. The maximum absolute atomic E-state index is 12.8. The lowest BCUT2D eigenvalue weighted by Crippen LogP contribution is -2.33. The van der Waals surface area contributed by atoms with Crippen LogP contribution in [0, 0.1) is 11.3 Å². The van der Waals surface area contributed by atoms with Crippen LogP contribution < -0.4 is 5.56 Å². The number of fused-ring (bicyclic) bond motifs is 1. The number of rotatable bonds is 7. The topological polar surface area (TPSA) is 89.8 Å². The number of carbonyl (C=O) groups is 1. The van der Waals surface area contributed by atoms with Crippen LogP contribution in [0.25, 0.3) is 10.9 Å². The van der Waals surface area contributed by atoms with Gasteiger partial charge in [0, 0.05) is 19.4 Å². The van der Waals surface area contributed by atoms with E-state index in [0.717, 1.165) is 5.56 Å². The highest BCUT2D eigenvalue weighted by Crippen LogP contribution is 2.22. The van der Waals surface area contributed by atoms with Crippen LogP contribution in [-0.4, -0.2) is 27.3 Å². The minimum atomic E-state index is -0.151. The van der Waals surface area contributed by atoms with Crippen molar-refractivity contribution in [3.05, 3.63) is 75.8 Å². The zero-order valence-corrected chi connectivity index (χ0v) is 16.7. The molecule has 6 heteroatoms. The largest absolute Gasteiger partial charge is 0.336 e. The lowest BCUT2D eigenvalue weighted by atomic mass is 10.0. The van der Waals surface area contributed by atoms with E-state index in [4.69, 9.17) is 5.26 Å². The standard InChI is InChI=1S/C23H24N4O2/c1-3-27(16(2)18-13-11-17(15-24)12-14-18)22(28)10-6-9-21-25-20-8-5-4-7-19(20)23(29)26-21/h4-5,7-8,11-14,16H,3,6,9-10H2,1-2H3,(H,25,26,29). The molecule has 148 valence electrons. The minimum absolute atomic E-state index is 0.0625. The molecule has 6 nitrogen and oxygen atoms in total. The molecule has 1 heterocycles. The van der Waals surface area contributed by atoms with Gasteiger partial charge in [0.05, 0.1) is 28.6 Å². The van der Waals surface area contributed by atoms with Crippen molar-refractivity contribution in [2.45, 2.75) is 39.2 Å². The molecule has 0 fully saturated rings. The molecule has 1 amide bonds. The lowest BCUT2D eigenvalue weighted by Gasteiger charge is -2.28. The average molecular weight is 388 g/mol. The van der Waals surface area contributed by atoms with Crippen molar-refractivity contribution in [1.82, 2.24) is 14.9 Å². The lowest BCUT2D eigenvalue weighted by molar-refractivity contribution is -0.133. The summed E-state index contributed by atoms with van der Waals surface area (Å²) in [6, 6.07) is 16.6. The van der Waals surface area contributed by atoms with Crippen LogP contribution in [0.3, 0.4) is 0 Å². The zero-order valence-electron chi connectivity index (χ0n) is 16.7. The van der Waals surface area contributed by atoms with Crippen molar-refractivity contribution in [3.8, 4) is 6.07 Å². The Morgan fingerprint density at radius 1 is 1.21 bits per heavy atom. The van der Waals surface area contributed by atoms with Crippen LogP contribution in [-0.2, 0) is 11.2 Å². The first-order valence-electron chi connectivity index (χ1n) is 9.81. The molecule has 0 bridgehead atoms. The molecule has 0 aliphatic heterocycles. The molecular weight excluding hydrogens is 364 g/mol. The Morgan fingerprint density at radius 3 is 2.62 bits per heavy atom. The molecule has 0 aliphatic rings. The van der Waals surface area contributed by atoms with Gasteiger partial charge in [-0.25, -0.2) is 4.98 Å². The number of para-hydroxylation sites is 1. The molecule has 0 saturated carbocycles.